The lowest BCUT2D eigenvalue weighted by Crippen LogP contribution is -2.56. The Bertz CT molecular complexity index is 480. The van der Waals surface area contributed by atoms with Crippen LogP contribution in [0.1, 0.15) is 78.6 Å². The number of hydrogen-bond acceptors (Lipinski definition) is 1. The van der Waals surface area contributed by atoms with Gasteiger partial charge in [0.2, 0.25) is 0 Å². The van der Waals surface area contributed by atoms with Crippen molar-refractivity contribution < 1.29 is 5.11 Å². The van der Waals surface area contributed by atoms with Crippen LogP contribution in [0.25, 0.3) is 0 Å². The highest BCUT2D eigenvalue weighted by Crippen LogP contribution is 2.67. The molecule has 0 aliphatic heterocycles. The molecule has 4 aliphatic rings. The van der Waals surface area contributed by atoms with E-state index in [9.17, 15) is 5.11 Å². The van der Waals surface area contributed by atoms with Crippen molar-refractivity contribution in [2.45, 2.75) is 84.7 Å². The second kappa shape index (κ2) is 5.10. The molecule has 124 valence electrons. The van der Waals surface area contributed by atoms with E-state index in [0.29, 0.717) is 16.7 Å². The Balaban J connectivity index is 1.71. The van der Waals surface area contributed by atoms with Crippen LogP contribution in [-0.4, -0.2) is 11.2 Å². The molecule has 0 saturated heterocycles. The first-order valence-corrected chi connectivity index (χ1v) is 9.88. The van der Waals surface area contributed by atoms with Crippen LogP contribution in [0.3, 0.4) is 0 Å². The van der Waals surface area contributed by atoms with Crippen LogP contribution in [0.15, 0.2) is 11.6 Å². The molecular weight excluding hydrogens is 268 g/mol. The van der Waals surface area contributed by atoms with Gasteiger partial charge in [-0.3, -0.25) is 0 Å². The van der Waals surface area contributed by atoms with Crippen molar-refractivity contribution in [3.63, 3.8) is 0 Å². The van der Waals surface area contributed by atoms with Gasteiger partial charge < -0.3 is 5.11 Å². The minimum atomic E-state index is -0.0646. The first-order valence-electron chi connectivity index (χ1n) is 9.88. The van der Waals surface area contributed by atoms with Gasteiger partial charge in [-0.2, -0.15) is 0 Å². The van der Waals surface area contributed by atoms with Crippen LogP contribution in [0, 0.1) is 34.5 Å². The van der Waals surface area contributed by atoms with Gasteiger partial charge in [-0.25, -0.2) is 0 Å². The SMILES string of the molecule is CC[C@H]1CC[C@H]2[C@@H]3CCC4=CCCC[C@]4(C)[C@H]3C(O)C[C@]12C. The van der Waals surface area contributed by atoms with E-state index in [1.54, 1.807) is 5.57 Å². The maximum absolute atomic E-state index is 11.2. The number of hydrogen-bond donors (Lipinski definition) is 1. The smallest absolute Gasteiger partial charge is 0.0584 e. The van der Waals surface area contributed by atoms with E-state index in [-0.39, 0.29) is 6.10 Å². The summed E-state index contributed by atoms with van der Waals surface area (Å²) in [7, 11) is 0. The lowest BCUT2D eigenvalue weighted by molar-refractivity contribution is -0.128. The molecule has 1 N–H and O–H groups in total. The van der Waals surface area contributed by atoms with Gasteiger partial charge in [0, 0.05) is 0 Å². The van der Waals surface area contributed by atoms with E-state index in [2.05, 4.69) is 26.8 Å². The van der Waals surface area contributed by atoms with Crippen molar-refractivity contribution in [3.05, 3.63) is 11.6 Å². The number of allylic oxidation sites excluding steroid dienone is 2. The summed E-state index contributed by atoms with van der Waals surface area (Å²) in [4.78, 5) is 0. The van der Waals surface area contributed by atoms with E-state index >= 15 is 0 Å². The first-order chi connectivity index (χ1) is 10.5. The van der Waals surface area contributed by atoms with Crippen molar-refractivity contribution in [2.24, 2.45) is 34.5 Å². The van der Waals surface area contributed by atoms with Crippen molar-refractivity contribution in [2.75, 3.05) is 0 Å². The normalized spacial score (nSPS) is 54.2. The van der Waals surface area contributed by atoms with E-state index < -0.39 is 0 Å². The molecule has 0 amide bonds. The van der Waals surface area contributed by atoms with Gasteiger partial charge in [0.15, 0.2) is 0 Å². The minimum Gasteiger partial charge on any atom is -0.393 e. The Kier molecular flexibility index (Phi) is 3.53. The lowest BCUT2D eigenvalue weighted by Gasteiger charge is -2.60. The molecule has 3 saturated carbocycles. The van der Waals surface area contributed by atoms with Crippen LogP contribution >= 0.6 is 0 Å². The molecule has 1 heteroatoms. The molecule has 0 aromatic rings. The number of aliphatic hydroxyl groups excluding tert-OH is 1. The Morgan fingerprint density at radius 3 is 2.82 bits per heavy atom. The summed E-state index contributed by atoms with van der Waals surface area (Å²) in [5, 5.41) is 11.2. The zero-order chi connectivity index (χ0) is 15.5. The Labute approximate surface area is 136 Å². The first kappa shape index (κ1) is 15.2. The van der Waals surface area contributed by atoms with Gasteiger partial charge in [-0.05, 0) is 85.9 Å². The fourth-order valence-electron chi connectivity index (χ4n) is 7.66. The number of fused-ring (bicyclic) bond motifs is 5. The van der Waals surface area contributed by atoms with E-state index in [0.717, 1.165) is 24.2 Å². The number of aliphatic hydroxyl groups is 1. The molecule has 0 radical (unpaired) electrons. The molecule has 3 fully saturated rings. The summed E-state index contributed by atoms with van der Waals surface area (Å²) in [5.74, 6) is 3.06. The summed E-state index contributed by atoms with van der Waals surface area (Å²) < 4.78 is 0. The predicted octanol–water partition coefficient (Wildman–Crippen LogP) is 5.34. The van der Waals surface area contributed by atoms with Crippen LogP contribution < -0.4 is 0 Å². The van der Waals surface area contributed by atoms with Crippen LogP contribution in [-0.2, 0) is 0 Å². The van der Waals surface area contributed by atoms with E-state index in [1.807, 2.05) is 0 Å². The maximum Gasteiger partial charge on any atom is 0.0584 e. The molecule has 4 aliphatic carbocycles. The van der Waals surface area contributed by atoms with Crippen molar-refractivity contribution in [1.82, 2.24) is 0 Å². The largest absolute Gasteiger partial charge is 0.393 e. The molecule has 7 atom stereocenters. The van der Waals surface area contributed by atoms with Gasteiger partial charge in [0.25, 0.3) is 0 Å². The highest BCUT2D eigenvalue weighted by atomic mass is 16.3. The topological polar surface area (TPSA) is 20.2 Å². The van der Waals surface area contributed by atoms with Crippen molar-refractivity contribution >= 4 is 0 Å². The molecule has 22 heavy (non-hydrogen) atoms. The highest BCUT2D eigenvalue weighted by molar-refractivity contribution is 5.25. The van der Waals surface area contributed by atoms with Gasteiger partial charge in [-0.15, -0.1) is 0 Å². The standard InChI is InChI=1S/C21H34O/c1-4-14-9-11-17-16-10-8-15-7-5-6-12-20(15,2)19(16)18(22)13-21(14,17)3/h7,14,16-19,22H,4-6,8-13H2,1-3H3/t14-,16-,17-,18?,19+,20-,21+/m0/s1. The van der Waals surface area contributed by atoms with Gasteiger partial charge in [0.1, 0.15) is 0 Å². The summed E-state index contributed by atoms with van der Waals surface area (Å²) >= 11 is 0. The van der Waals surface area contributed by atoms with E-state index in [4.69, 9.17) is 0 Å². The molecular formula is C21H34O. The zero-order valence-corrected chi connectivity index (χ0v) is 14.8. The summed E-state index contributed by atoms with van der Waals surface area (Å²) in [5.41, 5.74) is 2.43. The lowest BCUT2D eigenvalue weighted by atomic mass is 9.46. The minimum absolute atomic E-state index is 0.0646. The average molecular weight is 303 g/mol. The molecule has 1 nitrogen and oxygen atoms in total. The van der Waals surface area contributed by atoms with Crippen LogP contribution in [0.2, 0.25) is 0 Å². The van der Waals surface area contributed by atoms with Crippen molar-refractivity contribution in [1.29, 1.82) is 0 Å². The van der Waals surface area contributed by atoms with E-state index in [1.165, 1.54) is 51.4 Å². The fourth-order valence-corrected chi connectivity index (χ4v) is 7.66. The zero-order valence-electron chi connectivity index (χ0n) is 14.8. The summed E-state index contributed by atoms with van der Waals surface area (Å²) in [6, 6.07) is 0. The third-order valence-electron chi connectivity index (χ3n) is 8.65. The molecule has 1 unspecified atom stereocenters. The molecule has 4 rings (SSSR count). The Morgan fingerprint density at radius 1 is 1.23 bits per heavy atom. The highest BCUT2D eigenvalue weighted by Gasteiger charge is 2.61. The fraction of sp³-hybridized carbons (Fsp3) is 0.905. The maximum atomic E-state index is 11.2. The molecule has 0 bridgehead atoms. The average Bonchev–Trinajstić information content (AvgIpc) is 2.82. The quantitative estimate of drug-likeness (QED) is 0.648. The summed E-state index contributed by atoms with van der Waals surface area (Å²) in [6.45, 7) is 7.38. The van der Waals surface area contributed by atoms with Crippen molar-refractivity contribution in [3.8, 4) is 0 Å². The second-order valence-corrected chi connectivity index (χ2v) is 9.33. The monoisotopic (exact) mass is 302 g/mol. The predicted molar refractivity (Wildman–Crippen MR) is 91.5 cm³/mol. The number of rotatable bonds is 1. The molecule has 0 aromatic heterocycles. The second-order valence-electron chi connectivity index (χ2n) is 9.33. The Hall–Kier alpha value is -0.300. The van der Waals surface area contributed by atoms with Gasteiger partial charge in [-0.1, -0.05) is 38.8 Å². The Morgan fingerprint density at radius 2 is 2.05 bits per heavy atom. The third kappa shape index (κ3) is 1.87. The van der Waals surface area contributed by atoms with Crippen LogP contribution in [0.4, 0.5) is 0 Å². The van der Waals surface area contributed by atoms with Gasteiger partial charge in [0.05, 0.1) is 6.10 Å². The summed E-state index contributed by atoms with van der Waals surface area (Å²) in [6.07, 6.45) is 14.3. The third-order valence-corrected chi connectivity index (χ3v) is 8.65. The molecule has 0 aromatic carbocycles. The van der Waals surface area contributed by atoms with Gasteiger partial charge >= 0.3 is 0 Å². The van der Waals surface area contributed by atoms with Crippen LogP contribution in [0.5, 0.6) is 0 Å². The molecule has 0 heterocycles. The molecule has 0 spiro atoms.